The van der Waals surface area contributed by atoms with Crippen LogP contribution in [-0.4, -0.2) is 17.9 Å². The number of furan rings is 1. The average molecular weight is 308 g/mol. The molecule has 4 heteroatoms. The van der Waals surface area contributed by atoms with Crippen molar-refractivity contribution in [1.29, 1.82) is 0 Å². The van der Waals surface area contributed by atoms with E-state index in [0.717, 1.165) is 21.2 Å². The van der Waals surface area contributed by atoms with Crippen LogP contribution < -0.4 is 0 Å². The number of amides is 1. The molecule has 0 atom stereocenters. The summed E-state index contributed by atoms with van der Waals surface area (Å²) in [5.74, 6) is 0.00926. The molecule has 18 heavy (non-hydrogen) atoms. The smallest absolute Gasteiger partial charge is 0.254 e. The van der Waals surface area contributed by atoms with Gasteiger partial charge in [0.15, 0.2) is 0 Å². The molecule has 0 fully saturated rings. The van der Waals surface area contributed by atoms with Crippen molar-refractivity contribution in [2.45, 2.75) is 13.5 Å². The molecule has 1 amide bonds. The van der Waals surface area contributed by atoms with E-state index in [1.54, 1.807) is 24.5 Å². The number of carbonyl (C=O) groups excluding carboxylic acids is 1. The number of halogens is 1. The summed E-state index contributed by atoms with van der Waals surface area (Å²) in [6.45, 7) is 2.48. The highest BCUT2D eigenvalue weighted by Gasteiger charge is 2.15. The Bertz CT molecular complexity index is 549. The number of nitrogens with zero attached hydrogens (tertiary/aromatic N) is 1. The second kappa shape index (κ2) is 5.40. The van der Waals surface area contributed by atoms with E-state index < -0.39 is 0 Å². The molecule has 1 aromatic heterocycles. The van der Waals surface area contributed by atoms with E-state index in [2.05, 4.69) is 15.9 Å². The Morgan fingerprint density at radius 1 is 1.39 bits per heavy atom. The molecule has 0 unspecified atom stereocenters. The van der Waals surface area contributed by atoms with Crippen LogP contribution in [0.25, 0.3) is 0 Å². The standard InChI is InChI=1S/C14H14BrNO2/c1-10-12(4-3-5-13(10)15)14(17)16(2)8-11-6-7-18-9-11/h3-7,9H,8H2,1-2H3. The number of hydrogen-bond donors (Lipinski definition) is 0. The Kier molecular flexibility index (Phi) is 3.87. The number of rotatable bonds is 3. The molecule has 0 aliphatic carbocycles. The molecule has 94 valence electrons. The zero-order valence-electron chi connectivity index (χ0n) is 10.3. The Morgan fingerprint density at radius 3 is 2.83 bits per heavy atom. The maximum atomic E-state index is 12.3. The van der Waals surface area contributed by atoms with Gasteiger partial charge in [0.05, 0.1) is 12.5 Å². The van der Waals surface area contributed by atoms with Crippen LogP contribution in [0.2, 0.25) is 0 Å². The van der Waals surface area contributed by atoms with Crippen molar-refractivity contribution in [3.8, 4) is 0 Å². The van der Waals surface area contributed by atoms with Gasteiger partial charge in [-0.05, 0) is 30.7 Å². The highest BCUT2D eigenvalue weighted by molar-refractivity contribution is 9.10. The van der Waals surface area contributed by atoms with Crippen molar-refractivity contribution < 1.29 is 9.21 Å². The highest BCUT2D eigenvalue weighted by Crippen LogP contribution is 2.21. The molecule has 0 spiro atoms. The molecular formula is C14H14BrNO2. The van der Waals surface area contributed by atoms with E-state index in [4.69, 9.17) is 4.42 Å². The summed E-state index contributed by atoms with van der Waals surface area (Å²) in [5, 5.41) is 0. The van der Waals surface area contributed by atoms with Gasteiger partial charge in [0.25, 0.3) is 5.91 Å². The van der Waals surface area contributed by atoms with Gasteiger partial charge in [-0.2, -0.15) is 0 Å². The van der Waals surface area contributed by atoms with E-state index in [9.17, 15) is 4.79 Å². The highest BCUT2D eigenvalue weighted by atomic mass is 79.9. The molecule has 3 nitrogen and oxygen atoms in total. The Balaban J connectivity index is 2.18. The van der Waals surface area contributed by atoms with Crippen LogP contribution >= 0.6 is 15.9 Å². The lowest BCUT2D eigenvalue weighted by atomic mass is 10.1. The van der Waals surface area contributed by atoms with Gasteiger partial charge in [-0.25, -0.2) is 0 Å². The predicted octanol–water partition coefficient (Wildman–Crippen LogP) is 3.62. The largest absolute Gasteiger partial charge is 0.472 e. The summed E-state index contributed by atoms with van der Waals surface area (Å²) < 4.78 is 5.95. The minimum Gasteiger partial charge on any atom is -0.472 e. The topological polar surface area (TPSA) is 33.5 Å². The molecule has 1 aromatic carbocycles. The number of benzene rings is 1. The summed E-state index contributed by atoms with van der Waals surface area (Å²) in [6.07, 6.45) is 3.26. The van der Waals surface area contributed by atoms with Gasteiger partial charge >= 0.3 is 0 Å². The molecule has 0 saturated heterocycles. The van der Waals surface area contributed by atoms with Crippen LogP contribution in [-0.2, 0) is 6.54 Å². The van der Waals surface area contributed by atoms with E-state index in [-0.39, 0.29) is 5.91 Å². The van der Waals surface area contributed by atoms with Gasteiger partial charge in [0.1, 0.15) is 0 Å². The summed E-state index contributed by atoms with van der Waals surface area (Å²) >= 11 is 3.44. The lowest BCUT2D eigenvalue weighted by Crippen LogP contribution is -2.26. The molecule has 0 aliphatic rings. The van der Waals surface area contributed by atoms with E-state index in [1.807, 2.05) is 31.2 Å². The summed E-state index contributed by atoms with van der Waals surface area (Å²) in [5.41, 5.74) is 2.66. The lowest BCUT2D eigenvalue weighted by Gasteiger charge is -2.17. The molecule has 0 bridgehead atoms. The molecular weight excluding hydrogens is 294 g/mol. The van der Waals surface area contributed by atoms with Gasteiger partial charge in [-0.1, -0.05) is 22.0 Å². The second-order valence-electron chi connectivity index (χ2n) is 4.21. The zero-order valence-corrected chi connectivity index (χ0v) is 11.9. The second-order valence-corrected chi connectivity index (χ2v) is 5.06. The van der Waals surface area contributed by atoms with Crippen molar-refractivity contribution in [3.05, 3.63) is 58.0 Å². The van der Waals surface area contributed by atoms with Gasteiger partial charge < -0.3 is 9.32 Å². The van der Waals surface area contributed by atoms with Crippen LogP contribution in [0.1, 0.15) is 21.5 Å². The van der Waals surface area contributed by atoms with E-state index in [0.29, 0.717) is 6.54 Å². The first-order chi connectivity index (χ1) is 8.59. The SMILES string of the molecule is Cc1c(Br)cccc1C(=O)N(C)Cc1ccoc1. The molecule has 2 aromatic rings. The van der Waals surface area contributed by atoms with Crippen molar-refractivity contribution in [2.75, 3.05) is 7.05 Å². The first-order valence-corrected chi connectivity index (χ1v) is 6.40. The van der Waals surface area contributed by atoms with Crippen molar-refractivity contribution in [3.63, 3.8) is 0 Å². The molecule has 0 saturated carbocycles. The molecule has 0 radical (unpaired) electrons. The third-order valence-electron chi connectivity index (χ3n) is 2.84. The van der Waals surface area contributed by atoms with E-state index >= 15 is 0 Å². The molecule has 0 aliphatic heterocycles. The van der Waals surface area contributed by atoms with E-state index in [1.165, 1.54) is 0 Å². The maximum absolute atomic E-state index is 12.3. The monoisotopic (exact) mass is 307 g/mol. The minimum atomic E-state index is 0.00926. The normalized spacial score (nSPS) is 10.4. The lowest BCUT2D eigenvalue weighted by molar-refractivity contribution is 0.0784. The fraction of sp³-hybridized carbons (Fsp3) is 0.214. The van der Waals surface area contributed by atoms with Crippen LogP contribution in [0.15, 0.2) is 45.7 Å². The average Bonchev–Trinajstić information content (AvgIpc) is 2.84. The number of carbonyl (C=O) groups is 1. The number of hydrogen-bond acceptors (Lipinski definition) is 2. The van der Waals surface area contributed by atoms with Gasteiger partial charge in [-0.3, -0.25) is 4.79 Å². The first-order valence-electron chi connectivity index (χ1n) is 5.61. The van der Waals surface area contributed by atoms with Gasteiger partial charge in [0.2, 0.25) is 0 Å². The fourth-order valence-corrected chi connectivity index (χ4v) is 2.14. The first kappa shape index (κ1) is 12.9. The third-order valence-corrected chi connectivity index (χ3v) is 3.70. The Morgan fingerprint density at radius 2 is 2.17 bits per heavy atom. The van der Waals surface area contributed by atoms with Crippen LogP contribution in [0, 0.1) is 6.92 Å². The molecule has 0 N–H and O–H groups in total. The molecule has 2 rings (SSSR count). The third kappa shape index (κ3) is 2.64. The van der Waals surface area contributed by atoms with Crippen LogP contribution in [0.4, 0.5) is 0 Å². The predicted molar refractivity (Wildman–Crippen MR) is 73.4 cm³/mol. The fourth-order valence-electron chi connectivity index (χ4n) is 1.77. The summed E-state index contributed by atoms with van der Waals surface area (Å²) in [7, 11) is 1.79. The van der Waals surface area contributed by atoms with Gasteiger partial charge in [0, 0.05) is 29.2 Å². The van der Waals surface area contributed by atoms with Crippen molar-refractivity contribution >= 4 is 21.8 Å². The van der Waals surface area contributed by atoms with Crippen LogP contribution in [0.3, 0.4) is 0 Å². The minimum absolute atomic E-state index is 0.00926. The Labute approximate surface area is 115 Å². The Hall–Kier alpha value is -1.55. The quantitative estimate of drug-likeness (QED) is 0.867. The summed E-state index contributed by atoms with van der Waals surface area (Å²) in [6, 6.07) is 7.50. The van der Waals surface area contributed by atoms with Crippen molar-refractivity contribution in [2.24, 2.45) is 0 Å². The van der Waals surface area contributed by atoms with Crippen LogP contribution in [0.5, 0.6) is 0 Å². The molecule has 1 heterocycles. The summed E-state index contributed by atoms with van der Waals surface area (Å²) in [4.78, 5) is 14.0. The zero-order chi connectivity index (χ0) is 13.1. The maximum Gasteiger partial charge on any atom is 0.254 e. The van der Waals surface area contributed by atoms with Gasteiger partial charge in [-0.15, -0.1) is 0 Å². The van der Waals surface area contributed by atoms with Crippen molar-refractivity contribution in [1.82, 2.24) is 4.90 Å².